The molecule has 1 aliphatic rings. The van der Waals surface area contributed by atoms with Crippen LogP contribution in [-0.2, 0) is 4.79 Å². The smallest absolute Gasteiger partial charge is 0.282 e. The second-order valence-electron chi connectivity index (χ2n) is 5.59. The number of thioether (sulfide) groups is 1. The van der Waals surface area contributed by atoms with Gasteiger partial charge in [0, 0.05) is 12.3 Å². The van der Waals surface area contributed by atoms with Gasteiger partial charge in [0.05, 0.1) is 12.3 Å². The third kappa shape index (κ3) is 4.70. The van der Waals surface area contributed by atoms with Crippen molar-refractivity contribution in [3.8, 4) is 17.2 Å². The van der Waals surface area contributed by atoms with Crippen LogP contribution in [0.15, 0.2) is 48.5 Å². The van der Waals surface area contributed by atoms with Crippen molar-refractivity contribution >= 4 is 28.6 Å². The summed E-state index contributed by atoms with van der Waals surface area (Å²) in [7, 11) is 0. The van der Waals surface area contributed by atoms with E-state index in [0.29, 0.717) is 30.3 Å². The predicted octanol–water partition coefficient (Wildman–Crippen LogP) is 3.98. The van der Waals surface area contributed by atoms with Gasteiger partial charge in [-0.1, -0.05) is 23.9 Å². The second-order valence-corrected chi connectivity index (χ2v) is 6.63. The van der Waals surface area contributed by atoms with E-state index in [-0.39, 0.29) is 17.7 Å². The van der Waals surface area contributed by atoms with Gasteiger partial charge in [-0.05, 0) is 43.3 Å². The molecule has 7 heteroatoms. The SMILES string of the molecule is CCOc1ccc(Oc2ccccc2NC(=O)CN2CCSC2=O)cc1. The molecule has 2 aromatic rings. The Labute approximate surface area is 156 Å². The molecule has 2 amide bonds. The number of nitrogens with one attached hydrogen (secondary N) is 1. The van der Waals surface area contributed by atoms with Gasteiger partial charge in [0.2, 0.25) is 5.91 Å². The number of nitrogens with zero attached hydrogens (tertiary/aromatic N) is 1. The molecule has 1 saturated heterocycles. The highest BCUT2D eigenvalue weighted by molar-refractivity contribution is 8.13. The van der Waals surface area contributed by atoms with Gasteiger partial charge in [-0.25, -0.2) is 0 Å². The van der Waals surface area contributed by atoms with Crippen LogP contribution in [0.3, 0.4) is 0 Å². The summed E-state index contributed by atoms with van der Waals surface area (Å²) in [5.41, 5.74) is 0.561. The van der Waals surface area contributed by atoms with Crippen LogP contribution in [0.4, 0.5) is 10.5 Å². The summed E-state index contributed by atoms with van der Waals surface area (Å²) in [5.74, 6) is 2.43. The van der Waals surface area contributed by atoms with Gasteiger partial charge >= 0.3 is 0 Å². The van der Waals surface area contributed by atoms with E-state index in [1.165, 1.54) is 16.7 Å². The number of carbonyl (C=O) groups excluding carboxylic acids is 2. The number of ether oxygens (including phenoxy) is 2. The van der Waals surface area contributed by atoms with Crippen molar-refractivity contribution in [1.82, 2.24) is 4.90 Å². The summed E-state index contributed by atoms with van der Waals surface area (Å²) < 4.78 is 11.3. The minimum atomic E-state index is -0.247. The third-order valence-electron chi connectivity index (χ3n) is 3.70. The highest BCUT2D eigenvalue weighted by Crippen LogP contribution is 2.30. The number of rotatable bonds is 7. The molecule has 0 saturated carbocycles. The quantitative estimate of drug-likeness (QED) is 0.796. The zero-order valence-electron chi connectivity index (χ0n) is 14.4. The number of hydrogen-bond donors (Lipinski definition) is 1. The summed E-state index contributed by atoms with van der Waals surface area (Å²) in [6.07, 6.45) is 0. The molecular weight excluding hydrogens is 352 g/mol. The first-order valence-electron chi connectivity index (χ1n) is 8.37. The van der Waals surface area contributed by atoms with E-state index >= 15 is 0 Å². The molecule has 1 heterocycles. The van der Waals surface area contributed by atoms with Crippen LogP contribution in [0.25, 0.3) is 0 Å². The van der Waals surface area contributed by atoms with Gasteiger partial charge < -0.3 is 19.7 Å². The fraction of sp³-hybridized carbons (Fsp3) is 0.263. The highest BCUT2D eigenvalue weighted by Gasteiger charge is 2.23. The Balaban J connectivity index is 1.65. The first kappa shape index (κ1) is 18.1. The minimum Gasteiger partial charge on any atom is -0.494 e. The molecule has 6 nitrogen and oxygen atoms in total. The van der Waals surface area contributed by atoms with E-state index in [2.05, 4.69) is 5.32 Å². The second kappa shape index (κ2) is 8.62. The van der Waals surface area contributed by atoms with E-state index in [1.807, 2.05) is 43.3 Å². The van der Waals surface area contributed by atoms with Crippen LogP contribution in [0.2, 0.25) is 0 Å². The Morgan fingerprint density at radius 3 is 2.58 bits per heavy atom. The highest BCUT2D eigenvalue weighted by atomic mass is 32.2. The Bertz CT molecular complexity index is 779. The molecule has 1 aliphatic heterocycles. The van der Waals surface area contributed by atoms with Crippen LogP contribution in [0.5, 0.6) is 17.2 Å². The summed E-state index contributed by atoms with van der Waals surface area (Å²) in [6, 6.07) is 14.5. The lowest BCUT2D eigenvalue weighted by atomic mass is 10.2. The Morgan fingerprint density at radius 2 is 1.88 bits per heavy atom. The Kier molecular flexibility index (Phi) is 6.01. The molecule has 0 bridgehead atoms. The summed E-state index contributed by atoms with van der Waals surface area (Å²) in [4.78, 5) is 25.4. The summed E-state index contributed by atoms with van der Waals surface area (Å²) >= 11 is 1.24. The number of amides is 2. The maximum absolute atomic E-state index is 12.2. The lowest BCUT2D eigenvalue weighted by molar-refractivity contribution is -0.116. The predicted molar refractivity (Wildman–Crippen MR) is 102 cm³/mol. The van der Waals surface area contributed by atoms with Crippen molar-refractivity contribution in [1.29, 1.82) is 0 Å². The average molecular weight is 372 g/mol. The molecule has 0 aliphatic carbocycles. The van der Waals surface area contributed by atoms with Gasteiger partial charge in [-0.3, -0.25) is 9.59 Å². The monoisotopic (exact) mass is 372 g/mol. The van der Waals surface area contributed by atoms with Crippen molar-refractivity contribution in [2.75, 3.05) is 30.8 Å². The summed E-state index contributed by atoms with van der Waals surface area (Å²) in [5, 5.41) is 2.76. The van der Waals surface area contributed by atoms with Crippen molar-refractivity contribution in [3.05, 3.63) is 48.5 Å². The number of hydrogen-bond acceptors (Lipinski definition) is 5. The van der Waals surface area contributed by atoms with Crippen LogP contribution < -0.4 is 14.8 Å². The number of benzene rings is 2. The molecule has 3 rings (SSSR count). The first-order valence-corrected chi connectivity index (χ1v) is 9.35. The maximum atomic E-state index is 12.2. The van der Waals surface area contributed by atoms with Crippen LogP contribution >= 0.6 is 11.8 Å². The van der Waals surface area contributed by atoms with Crippen molar-refractivity contribution in [3.63, 3.8) is 0 Å². The average Bonchev–Trinajstić information content (AvgIpc) is 3.03. The van der Waals surface area contributed by atoms with Crippen LogP contribution in [-0.4, -0.2) is 41.5 Å². The zero-order valence-corrected chi connectivity index (χ0v) is 15.3. The standard InChI is InChI=1S/C19H20N2O4S/c1-2-24-14-7-9-15(10-8-14)25-17-6-4-3-5-16(17)20-18(22)13-21-11-12-26-19(21)23/h3-10H,2,11-13H2,1H3,(H,20,22). The Morgan fingerprint density at radius 1 is 1.15 bits per heavy atom. The van der Waals surface area contributed by atoms with Crippen LogP contribution in [0.1, 0.15) is 6.92 Å². The summed E-state index contributed by atoms with van der Waals surface area (Å²) in [6.45, 7) is 3.18. The molecule has 136 valence electrons. The lowest BCUT2D eigenvalue weighted by Gasteiger charge is -2.16. The zero-order chi connectivity index (χ0) is 18.4. The number of anilines is 1. The largest absolute Gasteiger partial charge is 0.494 e. The molecule has 0 unspecified atom stereocenters. The molecule has 0 atom stereocenters. The molecule has 1 N–H and O–H groups in total. The Hall–Kier alpha value is -2.67. The molecule has 0 spiro atoms. The van der Waals surface area contributed by atoms with Gasteiger partial charge in [-0.2, -0.15) is 0 Å². The molecule has 2 aromatic carbocycles. The van der Waals surface area contributed by atoms with Gasteiger partial charge in [0.15, 0.2) is 5.75 Å². The van der Waals surface area contributed by atoms with E-state index < -0.39 is 0 Å². The van der Waals surface area contributed by atoms with E-state index in [1.54, 1.807) is 12.1 Å². The van der Waals surface area contributed by atoms with Crippen LogP contribution in [0, 0.1) is 0 Å². The number of carbonyl (C=O) groups is 2. The maximum Gasteiger partial charge on any atom is 0.282 e. The first-order chi connectivity index (χ1) is 12.7. The van der Waals surface area contributed by atoms with E-state index in [0.717, 1.165) is 11.5 Å². The van der Waals surface area contributed by atoms with E-state index in [4.69, 9.17) is 9.47 Å². The molecule has 0 aromatic heterocycles. The third-order valence-corrected chi connectivity index (χ3v) is 4.59. The van der Waals surface area contributed by atoms with Crippen molar-refractivity contribution in [2.24, 2.45) is 0 Å². The van der Waals surface area contributed by atoms with Gasteiger partial charge in [-0.15, -0.1) is 0 Å². The fourth-order valence-electron chi connectivity index (χ4n) is 2.49. The molecule has 1 fully saturated rings. The number of para-hydroxylation sites is 2. The molecule has 0 radical (unpaired) electrons. The molecule has 26 heavy (non-hydrogen) atoms. The van der Waals surface area contributed by atoms with Gasteiger partial charge in [0.1, 0.15) is 18.0 Å². The normalized spacial score (nSPS) is 13.6. The van der Waals surface area contributed by atoms with Gasteiger partial charge in [0.25, 0.3) is 5.24 Å². The topological polar surface area (TPSA) is 67.9 Å². The van der Waals surface area contributed by atoms with Crippen molar-refractivity contribution < 1.29 is 19.1 Å². The van der Waals surface area contributed by atoms with Crippen molar-refractivity contribution in [2.45, 2.75) is 6.92 Å². The van der Waals surface area contributed by atoms with E-state index in [9.17, 15) is 9.59 Å². The lowest BCUT2D eigenvalue weighted by Crippen LogP contribution is -2.33. The minimum absolute atomic E-state index is 0.0449. The molecular formula is C19H20N2O4S. The fourth-order valence-corrected chi connectivity index (χ4v) is 3.31.